The van der Waals surface area contributed by atoms with E-state index >= 15 is 0 Å². The SMILES string of the molecule is [2H][Si](C)([B][3H])OCC(C)COC(C)OCc1c(Cl)cccc1Cl. The lowest BCUT2D eigenvalue weighted by molar-refractivity contribution is -0.145. The largest absolute Gasteiger partial charge is 0.429 e. The van der Waals surface area contributed by atoms with Gasteiger partial charge >= 0.3 is 0 Å². The average Bonchev–Trinajstić information content (AvgIpc) is 2.50. The zero-order chi connectivity index (χ0) is 17.5. The number of hydrogen-bond donors (Lipinski definition) is 0. The predicted molar refractivity (Wildman–Crippen MR) is 91.9 cm³/mol. The van der Waals surface area contributed by atoms with Crippen LogP contribution in [0.5, 0.6) is 0 Å². The highest BCUT2D eigenvalue weighted by Crippen LogP contribution is 2.25. The Morgan fingerprint density at radius 1 is 1.33 bits per heavy atom. The summed E-state index contributed by atoms with van der Waals surface area (Å²) in [7, 11) is -1.60. The van der Waals surface area contributed by atoms with Gasteiger partial charge in [0, 0.05) is 29.4 Å². The van der Waals surface area contributed by atoms with Crippen molar-refractivity contribution in [2.75, 3.05) is 13.2 Å². The van der Waals surface area contributed by atoms with Crippen molar-refractivity contribution in [1.29, 1.82) is 2.57 Å². The number of benzene rings is 1. The first kappa shape index (κ1) is 15.8. The first-order valence-electron chi connectivity index (χ1n) is 7.85. The monoisotopic (exact) mass is 350 g/mol. The second-order valence-corrected chi connectivity index (χ2v) is 7.26. The predicted octanol–water partition coefficient (Wildman–Crippen LogP) is 3.28. The molecule has 7 heteroatoms. The molecule has 3 nitrogen and oxygen atoms in total. The molecule has 0 heterocycles. The van der Waals surface area contributed by atoms with E-state index in [0.717, 1.165) is 13.0 Å². The van der Waals surface area contributed by atoms with Crippen LogP contribution in [0.25, 0.3) is 0 Å². The van der Waals surface area contributed by atoms with E-state index in [0.29, 0.717) is 23.3 Å². The van der Waals surface area contributed by atoms with Gasteiger partial charge in [-0.05, 0) is 20.4 Å². The molecule has 0 aliphatic carbocycles. The molecule has 21 heavy (non-hydrogen) atoms. The Balaban J connectivity index is 2.30. The van der Waals surface area contributed by atoms with Crippen LogP contribution in [0.4, 0.5) is 0 Å². The van der Waals surface area contributed by atoms with Crippen LogP contribution in [-0.2, 0) is 20.5 Å². The third-order valence-corrected chi connectivity index (χ3v) is 4.07. The summed E-state index contributed by atoms with van der Waals surface area (Å²) in [4.78, 5) is 0. The van der Waals surface area contributed by atoms with E-state index in [1.165, 1.54) is 0 Å². The van der Waals surface area contributed by atoms with Gasteiger partial charge in [0.15, 0.2) is 6.29 Å². The topological polar surface area (TPSA) is 27.7 Å². The zero-order valence-electron chi connectivity index (χ0n) is 14.6. The molecule has 0 bridgehead atoms. The summed E-state index contributed by atoms with van der Waals surface area (Å²) in [5, 5.41) is 1.13. The molecule has 1 radical (unpaired) electrons. The molecule has 117 valence electrons. The van der Waals surface area contributed by atoms with Gasteiger partial charge in [0.1, 0.15) is 16.2 Å². The molecule has 0 amide bonds. The maximum absolute atomic E-state index is 7.77. The third kappa shape index (κ3) is 7.68. The summed E-state index contributed by atoms with van der Waals surface area (Å²) >= 11 is 12.2. The van der Waals surface area contributed by atoms with E-state index in [-0.39, 0.29) is 12.5 Å². The molecule has 1 rings (SSSR count). The Bertz CT molecular complexity index is 477. The van der Waals surface area contributed by atoms with E-state index < -0.39 is 15.1 Å². The molecule has 1 aromatic carbocycles. The van der Waals surface area contributed by atoms with E-state index in [4.69, 9.17) is 39.7 Å². The highest BCUT2D eigenvalue weighted by Gasteiger charge is 2.11. The summed E-state index contributed by atoms with van der Waals surface area (Å²) in [6.45, 7) is 6.54. The van der Waals surface area contributed by atoms with Crippen molar-refractivity contribution < 1.29 is 13.9 Å². The smallest absolute Gasteiger partial charge is 0.155 e. The average molecular weight is 351 g/mol. The molecule has 0 saturated carbocycles. The molecule has 0 aromatic heterocycles. The molecule has 0 aliphatic heterocycles. The van der Waals surface area contributed by atoms with E-state index in [9.17, 15) is 0 Å². The fraction of sp³-hybridized carbons (Fsp3) is 0.571. The lowest BCUT2D eigenvalue weighted by Crippen LogP contribution is -2.23. The standard InChI is InChI=1S/C14H22BCl2O3Si/c1-10(8-20-21(3)15)7-18-11(2)19-9-12-13(16)5-4-6-14(12)17/h4-6,10-11,15,21H,7-9H2,1-3H3/i15T,21D. The second kappa shape index (κ2) is 9.87. The summed E-state index contributed by atoms with van der Waals surface area (Å²) in [5.74, 6) is 0.113. The van der Waals surface area contributed by atoms with Crippen molar-refractivity contribution in [2.45, 2.75) is 33.3 Å². The molecule has 0 N–H and O–H groups in total. The van der Waals surface area contributed by atoms with Crippen LogP contribution in [0.15, 0.2) is 18.2 Å². The summed E-state index contributed by atoms with van der Waals surface area (Å²) in [6, 6.07) is 5.32. The number of rotatable bonds is 10. The quantitative estimate of drug-likeness (QED) is 0.478. The number of ether oxygens (including phenoxy) is 2. The van der Waals surface area contributed by atoms with Gasteiger partial charge in [-0.25, -0.2) is 0 Å². The van der Waals surface area contributed by atoms with Crippen molar-refractivity contribution in [1.82, 2.24) is 0 Å². The van der Waals surface area contributed by atoms with Crippen molar-refractivity contribution in [3.05, 3.63) is 33.8 Å². The lowest BCUT2D eigenvalue weighted by Gasteiger charge is -2.19. The number of hydrogen-bond acceptors (Lipinski definition) is 3. The number of halogens is 2. The molecule has 0 fully saturated rings. The maximum Gasteiger partial charge on any atom is 0.155 e. The molecular formula is C14H22BCl2O3Si. The molecule has 3 unspecified atom stereocenters. The second-order valence-electron chi connectivity index (χ2n) is 4.94. The van der Waals surface area contributed by atoms with E-state index in [2.05, 4.69) is 0 Å². The molecule has 0 saturated heterocycles. The van der Waals surface area contributed by atoms with Crippen LogP contribution in [0.2, 0.25) is 16.6 Å². The zero-order valence-corrected chi connectivity index (χ0v) is 15.1. The highest BCUT2D eigenvalue weighted by molar-refractivity contribution is 6.98. The van der Waals surface area contributed by atoms with Gasteiger partial charge in [-0.3, -0.25) is 0 Å². The van der Waals surface area contributed by atoms with Crippen LogP contribution >= 0.6 is 23.2 Å². The Morgan fingerprint density at radius 2 is 2.00 bits per heavy atom. The minimum Gasteiger partial charge on any atom is -0.429 e. The van der Waals surface area contributed by atoms with E-state index in [1.54, 1.807) is 31.7 Å². The van der Waals surface area contributed by atoms with Gasteiger partial charge in [-0.15, -0.1) is 0 Å². The van der Waals surface area contributed by atoms with Gasteiger partial charge in [0.05, 0.1) is 13.2 Å². The van der Waals surface area contributed by atoms with Crippen molar-refractivity contribution in [3.63, 3.8) is 0 Å². The fourth-order valence-electron chi connectivity index (χ4n) is 1.54. The molecule has 1 aromatic rings. The van der Waals surface area contributed by atoms with Crippen LogP contribution in [0.1, 0.15) is 19.4 Å². The summed E-state index contributed by atoms with van der Waals surface area (Å²) < 4.78 is 31.6. The van der Waals surface area contributed by atoms with Crippen LogP contribution in [0, 0.1) is 5.92 Å². The molecule has 0 spiro atoms. The van der Waals surface area contributed by atoms with Crippen molar-refractivity contribution >= 4 is 39.4 Å². The molecular weight excluding hydrogens is 326 g/mol. The third-order valence-electron chi connectivity index (χ3n) is 2.74. The van der Waals surface area contributed by atoms with Crippen LogP contribution < -0.4 is 0 Å². The lowest BCUT2D eigenvalue weighted by atomic mass is 10.2. The minimum atomic E-state index is -2.69. The highest BCUT2D eigenvalue weighted by atomic mass is 35.5. The summed E-state index contributed by atoms with van der Waals surface area (Å²) in [5.41, 5.74) is 0.740. The molecule has 3 atom stereocenters. The molecule has 0 aliphatic rings. The fourth-order valence-corrected chi connectivity index (χ4v) is 2.59. The summed E-state index contributed by atoms with van der Waals surface area (Å²) in [6.07, 6.45) is -0.410. The Labute approximate surface area is 142 Å². The van der Waals surface area contributed by atoms with Crippen molar-refractivity contribution in [2.24, 2.45) is 5.92 Å². The Morgan fingerprint density at radius 3 is 2.62 bits per heavy atom. The van der Waals surface area contributed by atoms with Crippen LogP contribution in [0.3, 0.4) is 0 Å². The normalized spacial score (nSPS) is 18.3. The van der Waals surface area contributed by atoms with Crippen LogP contribution in [-0.4, -0.2) is 38.3 Å². The Hall–Kier alpha value is -0.0382. The van der Waals surface area contributed by atoms with Gasteiger partial charge < -0.3 is 13.9 Å². The minimum absolute atomic E-state index is 0.113. The van der Waals surface area contributed by atoms with E-state index in [1.807, 2.05) is 6.92 Å². The first-order valence-corrected chi connectivity index (χ1v) is 9.52. The maximum atomic E-state index is 7.77. The Kier molecular flexibility index (Phi) is 7.45. The van der Waals surface area contributed by atoms with Gasteiger partial charge in [-0.1, -0.05) is 42.7 Å². The van der Waals surface area contributed by atoms with Gasteiger partial charge in [-0.2, -0.15) is 0 Å². The first-order chi connectivity index (χ1) is 10.7. The van der Waals surface area contributed by atoms with Gasteiger partial charge in [0.25, 0.3) is 0 Å². The van der Waals surface area contributed by atoms with Gasteiger partial charge in [0.2, 0.25) is 0 Å². The van der Waals surface area contributed by atoms with Crippen molar-refractivity contribution in [3.8, 4) is 0 Å².